The van der Waals surface area contributed by atoms with Crippen LogP contribution in [0.15, 0.2) is 0 Å². The van der Waals surface area contributed by atoms with Gasteiger partial charge in [-0.2, -0.15) is 5.10 Å². The predicted octanol–water partition coefficient (Wildman–Crippen LogP) is 2.12. The van der Waals surface area contributed by atoms with E-state index in [0.29, 0.717) is 13.0 Å². The van der Waals surface area contributed by atoms with Crippen molar-refractivity contribution in [3.63, 3.8) is 0 Å². The summed E-state index contributed by atoms with van der Waals surface area (Å²) in [5, 5.41) is 19.7. The number of carbonyl (C=O) groups excluding carboxylic acids is 1. The van der Waals surface area contributed by atoms with Crippen molar-refractivity contribution in [2.75, 3.05) is 13.2 Å². The Morgan fingerprint density at radius 1 is 1.38 bits per heavy atom. The van der Waals surface area contributed by atoms with Crippen molar-refractivity contribution in [3.05, 3.63) is 17.0 Å². The van der Waals surface area contributed by atoms with Crippen LogP contribution in [-0.4, -0.2) is 34.4 Å². The van der Waals surface area contributed by atoms with Gasteiger partial charge in [0.15, 0.2) is 0 Å². The van der Waals surface area contributed by atoms with Gasteiger partial charge in [0, 0.05) is 23.6 Å². The second kappa shape index (κ2) is 7.59. The van der Waals surface area contributed by atoms with Crippen LogP contribution in [0.1, 0.15) is 50.6 Å². The molecule has 120 valence electrons. The monoisotopic (exact) mass is 295 g/mol. The summed E-state index contributed by atoms with van der Waals surface area (Å²) in [6, 6.07) is 0. The summed E-state index contributed by atoms with van der Waals surface area (Å²) in [7, 11) is 0. The quantitative estimate of drug-likeness (QED) is 0.687. The zero-order valence-electron chi connectivity index (χ0n) is 13.9. The SMILES string of the molecule is CCC(CC)(CO)CNC(=O)C(C)Cc1c(C)n[nH]c1C. The molecule has 3 N–H and O–H groups in total. The lowest BCUT2D eigenvalue weighted by Crippen LogP contribution is -2.41. The Morgan fingerprint density at radius 3 is 2.43 bits per heavy atom. The zero-order chi connectivity index (χ0) is 16.0. The third-order valence-electron chi connectivity index (χ3n) is 4.71. The molecule has 1 atom stereocenters. The summed E-state index contributed by atoms with van der Waals surface area (Å²) >= 11 is 0. The molecular formula is C16H29N3O2. The summed E-state index contributed by atoms with van der Waals surface area (Å²) in [6.45, 7) is 10.6. The first kappa shape index (κ1) is 17.7. The fourth-order valence-electron chi connectivity index (χ4n) is 2.50. The number of aryl methyl sites for hydroxylation is 2. The number of amides is 1. The number of H-pyrrole nitrogens is 1. The van der Waals surface area contributed by atoms with Crippen molar-refractivity contribution in [2.24, 2.45) is 11.3 Å². The Balaban J connectivity index is 2.59. The highest BCUT2D eigenvalue weighted by Gasteiger charge is 2.27. The van der Waals surface area contributed by atoms with Gasteiger partial charge in [-0.25, -0.2) is 0 Å². The van der Waals surface area contributed by atoms with Crippen molar-refractivity contribution < 1.29 is 9.90 Å². The Hall–Kier alpha value is -1.36. The maximum atomic E-state index is 12.3. The van der Waals surface area contributed by atoms with E-state index in [0.717, 1.165) is 29.8 Å². The van der Waals surface area contributed by atoms with Gasteiger partial charge in [-0.15, -0.1) is 0 Å². The number of aliphatic hydroxyl groups is 1. The number of nitrogens with one attached hydrogen (secondary N) is 2. The number of rotatable bonds is 8. The molecule has 0 saturated carbocycles. The minimum atomic E-state index is -0.198. The lowest BCUT2D eigenvalue weighted by atomic mass is 9.83. The lowest BCUT2D eigenvalue weighted by molar-refractivity contribution is -0.125. The third-order valence-corrected chi connectivity index (χ3v) is 4.71. The highest BCUT2D eigenvalue weighted by molar-refractivity contribution is 5.78. The molecule has 21 heavy (non-hydrogen) atoms. The summed E-state index contributed by atoms with van der Waals surface area (Å²) in [5.74, 6) is -0.0696. The molecule has 0 aromatic carbocycles. The number of aliphatic hydroxyl groups excluding tert-OH is 1. The predicted molar refractivity (Wildman–Crippen MR) is 84.0 cm³/mol. The van der Waals surface area contributed by atoms with E-state index >= 15 is 0 Å². The standard InChI is InChI=1S/C16H29N3O2/c1-6-16(7-2,10-20)9-17-15(21)11(3)8-14-12(4)18-19-13(14)5/h11,20H,6-10H2,1-5H3,(H,17,21)(H,18,19). The highest BCUT2D eigenvalue weighted by Crippen LogP contribution is 2.24. The molecule has 0 spiro atoms. The van der Waals surface area contributed by atoms with Crippen LogP contribution in [0.5, 0.6) is 0 Å². The van der Waals surface area contributed by atoms with Crippen LogP contribution >= 0.6 is 0 Å². The number of aromatic amines is 1. The Bertz CT molecular complexity index is 436. The Kier molecular flexibility index (Phi) is 6.40. The second-order valence-corrected chi connectivity index (χ2v) is 6.10. The molecule has 0 bridgehead atoms. The van der Waals surface area contributed by atoms with Crippen LogP contribution in [0, 0.1) is 25.2 Å². The van der Waals surface area contributed by atoms with E-state index in [2.05, 4.69) is 15.5 Å². The molecule has 0 aliphatic rings. The van der Waals surface area contributed by atoms with E-state index in [1.165, 1.54) is 0 Å². The minimum absolute atomic E-state index is 0.0368. The van der Waals surface area contributed by atoms with Crippen LogP contribution in [0.2, 0.25) is 0 Å². The molecule has 1 aromatic rings. The van der Waals surface area contributed by atoms with E-state index in [4.69, 9.17) is 0 Å². The molecule has 1 unspecified atom stereocenters. The molecule has 0 aliphatic carbocycles. The van der Waals surface area contributed by atoms with Crippen molar-refractivity contribution in [2.45, 2.75) is 53.9 Å². The topological polar surface area (TPSA) is 78.0 Å². The van der Waals surface area contributed by atoms with Gasteiger partial charge in [0.05, 0.1) is 12.3 Å². The minimum Gasteiger partial charge on any atom is -0.396 e. The van der Waals surface area contributed by atoms with E-state index in [1.807, 2.05) is 34.6 Å². The molecule has 5 heteroatoms. The molecule has 0 fully saturated rings. The average molecular weight is 295 g/mol. The first-order valence-electron chi connectivity index (χ1n) is 7.78. The van der Waals surface area contributed by atoms with Gasteiger partial charge >= 0.3 is 0 Å². The summed E-state index contributed by atoms with van der Waals surface area (Å²) in [5.41, 5.74) is 2.91. The molecular weight excluding hydrogens is 266 g/mol. The molecule has 1 rings (SSSR count). The number of nitrogens with zero attached hydrogens (tertiary/aromatic N) is 1. The fourth-order valence-corrected chi connectivity index (χ4v) is 2.50. The van der Waals surface area contributed by atoms with Crippen molar-refractivity contribution in [3.8, 4) is 0 Å². The van der Waals surface area contributed by atoms with Gasteiger partial charge in [-0.1, -0.05) is 20.8 Å². The van der Waals surface area contributed by atoms with Gasteiger partial charge in [0.1, 0.15) is 0 Å². The molecule has 1 aromatic heterocycles. The summed E-state index contributed by atoms with van der Waals surface area (Å²) < 4.78 is 0. The van der Waals surface area contributed by atoms with E-state index in [9.17, 15) is 9.90 Å². The van der Waals surface area contributed by atoms with E-state index < -0.39 is 0 Å². The van der Waals surface area contributed by atoms with Gasteiger partial charge in [0.2, 0.25) is 5.91 Å². The van der Waals surface area contributed by atoms with Crippen molar-refractivity contribution in [1.29, 1.82) is 0 Å². The van der Waals surface area contributed by atoms with Crippen LogP contribution < -0.4 is 5.32 Å². The smallest absolute Gasteiger partial charge is 0.223 e. The molecule has 0 aliphatic heterocycles. The highest BCUT2D eigenvalue weighted by atomic mass is 16.3. The van der Waals surface area contributed by atoms with E-state index in [-0.39, 0.29) is 23.8 Å². The fraction of sp³-hybridized carbons (Fsp3) is 0.750. The van der Waals surface area contributed by atoms with Gasteiger partial charge in [0.25, 0.3) is 0 Å². The summed E-state index contributed by atoms with van der Waals surface area (Å²) in [4.78, 5) is 12.3. The first-order chi connectivity index (χ1) is 9.89. The maximum absolute atomic E-state index is 12.3. The zero-order valence-corrected chi connectivity index (χ0v) is 13.9. The Labute approximate surface area is 127 Å². The number of carbonyl (C=O) groups is 1. The van der Waals surface area contributed by atoms with Gasteiger partial charge < -0.3 is 10.4 Å². The third kappa shape index (κ3) is 4.30. The number of hydrogen-bond donors (Lipinski definition) is 3. The first-order valence-corrected chi connectivity index (χ1v) is 7.78. The Morgan fingerprint density at radius 2 is 2.00 bits per heavy atom. The molecule has 5 nitrogen and oxygen atoms in total. The normalized spacial score (nSPS) is 13.2. The van der Waals surface area contributed by atoms with Crippen LogP contribution in [-0.2, 0) is 11.2 Å². The molecule has 1 amide bonds. The molecule has 1 heterocycles. The molecule has 0 radical (unpaired) electrons. The number of aromatic nitrogens is 2. The van der Waals surface area contributed by atoms with Crippen molar-refractivity contribution in [1.82, 2.24) is 15.5 Å². The molecule has 0 saturated heterocycles. The van der Waals surface area contributed by atoms with Crippen LogP contribution in [0.4, 0.5) is 0 Å². The van der Waals surface area contributed by atoms with Crippen LogP contribution in [0.3, 0.4) is 0 Å². The number of hydrogen-bond acceptors (Lipinski definition) is 3. The summed E-state index contributed by atoms with van der Waals surface area (Å²) in [6.07, 6.45) is 2.40. The van der Waals surface area contributed by atoms with Gasteiger partial charge in [-0.05, 0) is 38.7 Å². The van der Waals surface area contributed by atoms with Crippen LogP contribution in [0.25, 0.3) is 0 Å². The van der Waals surface area contributed by atoms with Crippen molar-refractivity contribution >= 4 is 5.91 Å². The van der Waals surface area contributed by atoms with Gasteiger partial charge in [-0.3, -0.25) is 9.89 Å². The largest absolute Gasteiger partial charge is 0.396 e. The van der Waals surface area contributed by atoms with E-state index in [1.54, 1.807) is 0 Å². The second-order valence-electron chi connectivity index (χ2n) is 6.10. The maximum Gasteiger partial charge on any atom is 0.223 e. The average Bonchev–Trinajstić information content (AvgIpc) is 2.80. The lowest BCUT2D eigenvalue weighted by Gasteiger charge is -2.30.